The van der Waals surface area contributed by atoms with Crippen LogP contribution >= 0.6 is 11.6 Å². The minimum Gasteiger partial charge on any atom is -0.388 e. The number of hydrogen-bond donors (Lipinski definition) is 1. The lowest BCUT2D eigenvalue weighted by Crippen LogP contribution is -2.22. The summed E-state index contributed by atoms with van der Waals surface area (Å²) in [6.07, 6.45) is 0.725. The van der Waals surface area contributed by atoms with E-state index < -0.39 is 11.9 Å². The highest BCUT2D eigenvalue weighted by atomic mass is 35.5. The van der Waals surface area contributed by atoms with Crippen molar-refractivity contribution in [3.05, 3.63) is 34.6 Å². The van der Waals surface area contributed by atoms with Gasteiger partial charge in [-0.05, 0) is 24.8 Å². The van der Waals surface area contributed by atoms with Crippen molar-refractivity contribution < 1.29 is 14.2 Å². The van der Waals surface area contributed by atoms with Crippen LogP contribution in [0.2, 0.25) is 5.02 Å². The van der Waals surface area contributed by atoms with E-state index in [1.54, 1.807) is 12.1 Å². The molecule has 0 spiro atoms. The van der Waals surface area contributed by atoms with Crippen molar-refractivity contribution in [2.24, 2.45) is 5.92 Å². The number of ether oxygens (including phenoxy) is 1. The van der Waals surface area contributed by atoms with E-state index >= 15 is 0 Å². The molecule has 1 aromatic carbocycles. The largest absolute Gasteiger partial charge is 0.388 e. The van der Waals surface area contributed by atoms with Crippen LogP contribution in [0, 0.1) is 11.7 Å². The zero-order chi connectivity index (χ0) is 11.5. The normalized spacial score (nSPS) is 19.7. The van der Waals surface area contributed by atoms with Crippen molar-refractivity contribution in [3.63, 3.8) is 0 Å². The summed E-state index contributed by atoms with van der Waals surface area (Å²) < 4.78 is 18.9. The predicted molar refractivity (Wildman–Crippen MR) is 59.9 cm³/mol. The molecule has 1 saturated heterocycles. The van der Waals surface area contributed by atoms with E-state index in [2.05, 4.69) is 0 Å². The van der Waals surface area contributed by atoms with Gasteiger partial charge in [-0.25, -0.2) is 4.39 Å². The molecule has 1 heterocycles. The molecule has 1 aliphatic rings. The molecule has 0 radical (unpaired) electrons. The first-order valence-electron chi connectivity index (χ1n) is 5.40. The van der Waals surface area contributed by atoms with Crippen molar-refractivity contribution in [2.45, 2.75) is 18.9 Å². The van der Waals surface area contributed by atoms with Crippen LogP contribution in [0.5, 0.6) is 0 Å². The average molecular weight is 245 g/mol. The summed E-state index contributed by atoms with van der Waals surface area (Å²) in [5.41, 5.74) is 0.291. The second kappa shape index (κ2) is 5.13. The monoisotopic (exact) mass is 244 g/mol. The number of aliphatic hydroxyl groups is 1. The summed E-state index contributed by atoms with van der Waals surface area (Å²) in [6, 6.07) is 4.72. The summed E-state index contributed by atoms with van der Waals surface area (Å²) in [5.74, 6) is -0.454. The van der Waals surface area contributed by atoms with Crippen molar-refractivity contribution in [1.29, 1.82) is 0 Å². The molecule has 0 saturated carbocycles. The maximum absolute atomic E-state index is 13.7. The number of aliphatic hydroxyl groups excluding tert-OH is 1. The van der Waals surface area contributed by atoms with Gasteiger partial charge in [-0.1, -0.05) is 23.7 Å². The summed E-state index contributed by atoms with van der Waals surface area (Å²) in [7, 11) is 0. The summed E-state index contributed by atoms with van der Waals surface area (Å²) in [5, 5.41) is 10.2. The predicted octanol–water partition coefficient (Wildman–Crippen LogP) is 2.94. The molecule has 2 nitrogen and oxygen atoms in total. The molecule has 2 rings (SSSR count). The van der Waals surface area contributed by atoms with E-state index in [0.29, 0.717) is 18.8 Å². The zero-order valence-electron chi connectivity index (χ0n) is 8.83. The Morgan fingerprint density at radius 1 is 1.38 bits per heavy atom. The first kappa shape index (κ1) is 11.8. The first-order chi connectivity index (χ1) is 7.70. The van der Waals surface area contributed by atoms with Gasteiger partial charge in [0.05, 0.1) is 11.1 Å². The second-order valence-corrected chi connectivity index (χ2v) is 4.44. The number of rotatable bonds is 2. The fourth-order valence-electron chi connectivity index (χ4n) is 2.03. The van der Waals surface area contributed by atoms with Gasteiger partial charge in [0.2, 0.25) is 0 Å². The molecule has 0 bridgehead atoms. The van der Waals surface area contributed by atoms with Crippen LogP contribution in [0.1, 0.15) is 24.5 Å². The fraction of sp³-hybridized carbons (Fsp3) is 0.500. The Balaban J connectivity index is 2.19. The van der Waals surface area contributed by atoms with Crippen LogP contribution in [0.4, 0.5) is 4.39 Å². The Morgan fingerprint density at radius 3 is 2.75 bits per heavy atom. The average Bonchev–Trinajstić information content (AvgIpc) is 2.33. The Bertz CT molecular complexity index is 364. The van der Waals surface area contributed by atoms with Gasteiger partial charge < -0.3 is 9.84 Å². The highest BCUT2D eigenvalue weighted by Gasteiger charge is 2.26. The third kappa shape index (κ3) is 2.37. The molecule has 4 heteroatoms. The van der Waals surface area contributed by atoms with Crippen LogP contribution < -0.4 is 0 Å². The lowest BCUT2D eigenvalue weighted by molar-refractivity contribution is 0.00591. The van der Waals surface area contributed by atoms with Gasteiger partial charge in [0.25, 0.3) is 0 Å². The van der Waals surface area contributed by atoms with Gasteiger partial charge >= 0.3 is 0 Å². The maximum Gasteiger partial charge on any atom is 0.147 e. The highest BCUT2D eigenvalue weighted by Crippen LogP contribution is 2.33. The lowest BCUT2D eigenvalue weighted by Gasteiger charge is -2.27. The smallest absolute Gasteiger partial charge is 0.147 e. The molecule has 1 fully saturated rings. The number of halogens is 2. The van der Waals surface area contributed by atoms with Crippen molar-refractivity contribution in [1.82, 2.24) is 0 Å². The molecule has 1 aromatic rings. The zero-order valence-corrected chi connectivity index (χ0v) is 9.58. The maximum atomic E-state index is 13.7. The molecule has 0 amide bonds. The summed E-state index contributed by atoms with van der Waals surface area (Å²) in [4.78, 5) is 0. The van der Waals surface area contributed by atoms with Crippen molar-refractivity contribution >= 4 is 11.6 Å². The van der Waals surface area contributed by atoms with E-state index in [9.17, 15) is 9.50 Å². The minimum atomic E-state index is -0.789. The van der Waals surface area contributed by atoms with E-state index in [0.717, 1.165) is 12.8 Å². The summed E-state index contributed by atoms with van der Waals surface area (Å²) in [6.45, 7) is 1.26. The molecule has 0 aliphatic carbocycles. The third-order valence-electron chi connectivity index (χ3n) is 3.01. The standard InChI is InChI=1S/C12H14ClFO2/c13-10-3-1-2-9(11(10)14)12(15)8-4-6-16-7-5-8/h1-3,8,12,15H,4-7H2. The topological polar surface area (TPSA) is 29.5 Å². The van der Waals surface area contributed by atoms with Crippen LogP contribution in [0.25, 0.3) is 0 Å². The van der Waals surface area contributed by atoms with Crippen molar-refractivity contribution in [3.8, 4) is 0 Å². The SMILES string of the molecule is OC(c1cccc(Cl)c1F)C1CCOCC1. The molecule has 88 valence electrons. The molecule has 1 N–H and O–H groups in total. The highest BCUT2D eigenvalue weighted by molar-refractivity contribution is 6.30. The molecule has 1 atom stereocenters. The molecule has 1 unspecified atom stereocenters. The first-order valence-corrected chi connectivity index (χ1v) is 5.77. The van der Waals surface area contributed by atoms with Crippen LogP contribution in [0.15, 0.2) is 18.2 Å². The number of hydrogen-bond acceptors (Lipinski definition) is 2. The van der Waals surface area contributed by atoms with Gasteiger partial charge in [0.15, 0.2) is 0 Å². The van der Waals surface area contributed by atoms with Crippen LogP contribution in [-0.4, -0.2) is 18.3 Å². The van der Waals surface area contributed by atoms with E-state index in [4.69, 9.17) is 16.3 Å². The summed E-state index contributed by atoms with van der Waals surface area (Å²) >= 11 is 5.69. The van der Waals surface area contributed by atoms with Gasteiger partial charge in [0.1, 0.15) is 5.82 Å². The molecule has 16 heavy (non-hydrogen) atoms. The molecular formula is C12H14ClFO2. The Kier molecular flexibility index (Phi) is 3.79. The molecular weight excluding hydrogens is 231 g/mol. The third-order valence-corrected chi connectivity index (χ3v) is 3.30. The fourth-order valence-corrected chi connectivity index (χ4v) is 2.22. The molecule has 0 aromatic heterocycles. The Labute approximate surface area is 99.0 Å². The van der Waals surface area contributed by atoms with Gasteiger partial charge in [-0.3, -0.25) is 0 Å². The van der Waals surface area contributed by atoms with Gasteiger partial charge in [-0.15, -0.1) is 0 Å². The van der Waals surface area contributed by atoms with Crippen LogP contribution in [0.3, 0.4) is 0 Å². The van der Waals surface area contributed by atoms with E-state index in [1.807, 2.05) is 0 Å². The van der Waals surface area contributed by atoms with E-state index in [-0.39, 0.29) is 10.9 Å². The Hall–Kier alpha value is -0.640. The van der Waals surface area contributed by atoms with Gasteiger partial charge in [-0.2, -0.15) is 0 Å². The minimum absolute atomic E-state index is 0.0571. The van der Waals surface area contributed by atoms with Crippen molar-refractivity contribution in [2.75, 3.05) is 13.2 Å². The second-order valence-electron chi connectivity index (χ2n) is 4.04. The van der Waals surface area contributed by atoms with E-state index in [1.165, 1.54) is 6.07 Å². The lowest BCUT2D eigenvalue weighted by atomic mass is 9.89. The van der Waals surface area contributed by atoms with Crippen LogP contribution in [-0.2, 0) is 4.74 Å². The Morgan fingerprint density at radius 2 is 2.06 bits per heavy atom. The van der Waals surface area contributed by atoms with Gasteiger partial charge in [0, 0.05) is 18.8 Å². The quantitative estimate of drug-likeness (QED) is 0.867. The molecule has 1 aliphatic heterocycles. The number of benzene rings is 1.